The predicted octanol–water partition coefficient (Wildman–Crippen LogP) is 2.96. The summed E-state index contributed by atoms with van der Waals surface area (Å²) in [5.41, 5.74) is 2.76. The number of hydrogen-bond donors (Lipinski definition) is 1. The molecular weight excluding hydrogens is 234 g/mol. The first kappa shape index (κ1) is 12.9. The lowest BCUT2D eigenvalue weighted by Crippen LogP contribution is -2.28. The summed E-state index contributed by atoms with van der Waals surface area (Å²) < 4.78 is 0. The van der Waals surface area contributed by atoms with Crippen LogP contribution in [0.25, 0.3) is 0 Å². The van der Waals surface area contributed by atoms with Crippen molar-refractivity contribution in [2.24, 2.45) is 5.92 Å². The van der Waals surface area contributed by atoms with Crippen LogP contribution in [0.2, 0.25) is 0 Å². The predicted molar refractivity (Wildman–Crippen MR) is 79.3 cm³/mol. The van der Waals surface area contributed by atoms with E-state index in [-0.39, 0.29) is 0 Å². The highest BCUT2D eigenvalue weighted by molar-refractivity contribution is 5.52. The first-order valence-electron chi connectivity index (χ1n) is 7.78. The second kappa shape index (κ2) is 5.91. The number of nitrogens with one attached hydrogen (secondary N) is 1. The Kier molecular flexibility index (Phi) is 4.02. The Morgan fingerprint density at radius 3 is 2.84 bits per heavy atom. The Balaban J connectivity index is 1.70. The van der Waals surface area contributed by atoms with Gasteiger partial charge in [-0.25, -0.2) is 0 Å². The molecule has 19 heavy (non-hydrogen) atoms. The van der Waals surface area contributed by atoms with Gasteiger partial charge in [-0.05, 0) is 49.7 Å². The number of nitrogens with zero attached hydrogens (tertiary/aromatic N) is 2. The molecule has 0 spiro atoms. The number of pyridine rings is 1. The van der Waals surface area contributed by atoms with E-state index < -0.39 is 0 Å². The first-order valence-corrected chi connectivity index (χ1v) is 7.78. The second-order valence-electron chi connectivity index (χ2n) is 6.05. The molecule has 3 rings (SSSR count). The summed E-state index contributed by atoms with van der Waals surface area (Å²) in [6.45, 7) is 5.63. The zero-order chi connectivity index (χ0) is 13.1. The van der Waals surface area contributed by atoms with E-state index in [0.29, 0.717) is 0 Å². The maximum atomic E-state index is 4.35. The molecule has 1 aromatic heterocycles. The molecular formula is C16H25N3. The molecule has 0 radical (unpaired) electrons. The highest BCUT2D eigenvalue weighted by Crippen LogP contribution is 2.32. The lowest BCUT2D eigenvalue weighted by Gasteiger charge is -2.26. The third-order valence-electron chi connectivity index (χ3n) is 4.06. The molecule has 1 N–H and O–H groups in total. The summed E-state index contributed by atoms with van der Waals surface area (Å²) in [7, 11) is 0. The summed E-state index contributed by atoms with van der Waals surface area (Å²) in [5.74, 6) is 0.927. The van der Waals surface area contributed by atoms with E-state index >= 15 is 0 Å². The molecule has 1 aromatic rings. The molecule has 0 aromatic carbocycles. The fourth-order valence-electron chi connectivity index (χ4n) is 2.58. The van der Waals surface area contributed by atoms with Gasteiger partial charge >= 0.3 is 0 Å². The number of rotatable bonds is 8. The fraction of sp³-hybridized carbons (Fsp3) is 0.688. The van der Waals surface area contributed by atoms with Gasteiger partial charge in [-0.1, -0.05) is 6.92 Å². The van der Waals surface area contributed by atoms with Gasteiger partial charge in [-0.2, -0.15) is 0 Å². The third kappa shape index (κ3) is 3.69. The summed E-state index contributed by atoms with van der Waals surface area (Å²) >= 11 is 0. The normalized spacial score (nSPS) is 18.6. The summed E-state index contributed by atoms with van der Waals surface area (Å²) in [4.78, 5) is 6.90. The highest BCUT2D eigenvalue weighted by atomic mass is 15.1. The number of anilines is 1. The maximum Gasteiger partial charge on any atom is 0.0598 e. The van der Waals surface area contributed by atoms with E-state index in [1.54, 1.807) is 0 Å². The number of hydrogen-bond acceptors (Lipinski definition) is 3. The van der Waals surface area contributed by atoms with Gasteiger partial charge in [0.15, 0.2) is 0 Å². The maximum absolute atomic E-state index is 4.35. The van der Waals surface area contributed by atoms with Crippen LogP contribution in [0.4, 0.5) is 5.69 Å². The molecule has 3 nitrogen and oxygen atoms in total. The Hall–Kier alpha value is -1.09. The van der Waals surface area contributed by atoms with E-state index in [1.807, 2.05) is 6.20 Å². The SMILES string of the molecule is CCCN(CC1CC1)c1cnccc1CNC1CC1. The van der Waals surface area contributed by atoms with Crippen molar-refractivity contribution in [2.45, 2.75) is 51.6 Å². The Morgan fingerprint density at radius 2 is 2.16 bits per heavy atom. The standard InChI is InChI=1S/C16H25N3/c1-2-9-19(12-13-3-4-13)16-11-17-8-7-14(16)10-18-15-5-6-15/h7-8,11,13,15,18H,2-6,9-10,12H2,1H3. The van der Waals surface area contributed by atoms with Crippen molar-refractivity contribution in [2.75, 3.05) is 18.0 Å². The lowest BCUT2D eigenvalue weighted by molar-refractivity contribution is 0.670. The molecule has 0 aliphatic heterocycles. The summed E-state index contributed by atoms with van der Waals surface area (Å²) in [5, 5.41) is 3.62. The van der Waals surface area contributed by atoms with Crippen LogP contribution in [-0.4, -0.2) is 24.1 Å². The van der Waals surface area contributed by atoms with E-state index in [9.17, 15) is 0 Å². The molecule has 2 aliphatic carbocycles. The van der Waals surface area contributed by atoms with E-state index in [4.69, 9.17) is 0 Å². The van der Waals surface area contributed by atoms with Gasteiger partial charge in [-0.15, -0.1) is 0 Å². The van der Waals surface area contributed by atoms with Crippen LogP contribution < -0.4 is 10.2 Å². The monoisotopic (exact) mass is 259 g/mol. The van der Waals surface area contributed by atoms with Crippen LogP contribution in [0.1, 0.15) is 44.6 Å². The van der Waals surface area contributed by atoms with Gasteiger partial charge in [0.05, 0.1) is 11.9 Å². The van der Waals surface area contributed by atoms with Crippen molar-refractivity contribution in [3.05, 3.63) is 24.0 Å². The molecule has 0 bridgehead atoms. The van der Waals surface area contributed by atoms with Crippen molar-refractivity contribution in [3.63, 3.8) is 0 Å². The van der Waals surface area contributed by atoms with Crippen molar-refractivity contribution in [1.29, 1.82) is 0 Å². The van der Waals surface area contributed by atoms with Gasteiger partial charge in [0.1, 0.15) is 0 Å². The quantitative estimate of drug-likeness (QED) is 0.778. The van der Waals surface area contributed by atoms with Gasteiger partial charge < -0.3 is 10.2 Å². The zero-order valence-corrected chi connectivity index (χ0v) is 11.9. The summed E-state index contributed by atoms with van der Waals surface area (Å²) in [6, 6.07) is 2.95. The third-order valence-corrected chi connectivity index (χ3v) is 4.06. The van der Waals surface area contributed by atoms with Crippen LogP contribution in [-0.2, 0) is 6.54 Å². The van der Waals surface area contributed by atoms with Crippen molar-refractivity contribution >= 4 is 5.69 Å². The van der Waals surface area contributed by atoms with Gasteiger partial charge in [0.2, 0.25) is 0 Å². The second-order valence-corrected chi connectivity index (χ2v) is 6.05. The molecule has 2 saturated carbocycles. The van der Waals surface area contributed by atoms with Gasteiger partial charge in [-0.3, -0.25) is 4.98 Å². The highest BCUT2D eigenvalue weighted by Gasteiger charge is 2.25. The van der Waals surface area contributed by atoms with Gasteiger partial charge in [0, 0.05) is 31.9 Å². The van der Waals surface area contributed by atoms with Crippen LogP contribution >= 0.6 is 0 Å². The number of aromatic nitrogens is 1. The molecule has 104 valence electrons. The van der Waals surface area contributed by atoms with Crippen LogP contribution in [0.3, 0.4) is 0 Å². The molecule has 2 aliphatic rings. The van der Waals surface area contributed by atoms with Gasteiger partial charge in [0.25, 0.3) is 0 Å². The Bertz CT molecular complexity index is 410. The fourth-order valence-corrected chi connectivity index (χ4v) is 2.58. The largest absolute Gasteiger partial charge is 0.370 e. The first-order chi connectivity index (χ1) is 9.36. The van der Waals surface area contributed by atoms with Crippen molar-refractivity contribution in [1.82, 2.24) is 10.3 Å². The summed E-state index contributed by atoms with van der Waals surface area (Å²) in [6.07, 6.45) is 10.7. The minimum atomic E-state index is 0.768. The molecule has 0 amide bonds. The minimum absolute atomic E-state index is 0.768. The zero-order valence-electron chi connectivity index (χ0n) is 11.9. The molecule has 0 atom stereocenters. The van der Waals surface area contributed by atoms with E-state index in [2.05, 4.69) is 34.4 Å². The lowest BCUT2D eigenvalue weighted by atomic mass is 10.2. The van der Waals surface area contributed by atoms with Crippen LogP contribution in [0, 0.1) is 5.92 Å². The molecule has 1 heterocycles. The van der Waals surface area contributed by atoms with Crippen LogP contribution in [0.5, 0.6) is 0 Å². The topological polar surface area (TPSA) is 28.2 Å². The molecule has 0 unspecified atom stereocenters. The smallest absolute Gasteiger partial charge is 0.0598 e. The van der Waals surface area contributed by atoms with E-state index in [0.717, 1.165) is 25.0 Å². The molecule has 2 fully saturated rings. The van der Waals surface area contributed by atoms with Crippen molar-refractivity contribution in [3.8, 4) is 0 Å². The Morgan fingerprint density at radius 1 is 1.32 bits per heavy atom. The van der Waals surface area contributed by atoms with Crippen LogP contribution in [0.15, 0.2) is 18.5 Å². The Labute approximate surface area is 116 Å². The minimum Gasteiger partial charge on any atom is -0.370 e. The molecule has 0 saturated heterocycles. The van der Waals surface area contributed by atoms with E-state index in [1.165, 1.54) is 49.9 Å². The van der Waals surface area contributed by atoms with Crippen molar-refractivity contribution < 1.29 is 0 Å². The average molecular weight is 259 g/mol. The molecule has 3 heteroatoms. The average Bonchev–Trinajstić information content (AvgIpc) is 3.31.